The van der Waals surface area contributed by atoms with Crippen LogP contribution in [0.2, 0.25) is 4.34 Å². The number of thiophene rings is 1. The molecule has 3 nitrogen and oxygen atoms in total. The Labute approximate surface area is 127 Å². The molecule has 1 heterocycles. The number of rotatable bonds is 6. The number of benzene rings is 1. The molecule has 0 unspecified atom stereocenters. The Balaban J connectivity index is 1.98. The smallest absolute Gasteiger partial charge is 0.261 e. The van der Waals surface area contributed by atoms with Crippen LogP contribution in [0.25, 0.3) is 0 Å². The van der Waals surface area contributed by atoms with Gasteiger partial charge >= 0.3 is 0 Å². The number of halogens is 1. The minimum atomic E-state index is -0.104. The molecule has 20 heavy (non-hydrogen) atoms. The van der Waals surface area contributed by atoms with Gasteiger partial charge in [0.15, 0.2) is 0 Å². The predicted octanol–water partition coefficient (Wildman–Crippen LogP) is 3.87. The first-order valence-electron chi connectivity index (χ1n) is 6.38. The van der Waals surface area contributed by atoms with Crippen LogP contribution in [-0.2, 0) is 17.9 Å². The molecule has 0 bridgehead atoms. The van der Waals surface area contributed by atoms with Gasteiger partial charge in [-0.2, -0.15) is 0 Å². The number of carbonyl (C=O) groups is 1. The Morgan fingerprint density at radius 3 is 2.65 bits per heavy atom. The summed E-state index contributed by atoms with van der Waals surface area (Å²) < 4.78 is 6.04. The summed E-state index contributed by atoms with van der Waals surface area (Å²) in [7, 11) is 0. The summed E-state index contributed by atoms with van der Waals surface area (Å²) in [5, 5.41) is 2.90. The van der Waals surface area contributed by atoms with Crippen LogP contribution in [0, 0.1) is 0 Å². The second-order valence-electron chi connectivity index (χ2n) is 4.19. The monoisotopic (exact) mass is 309 g/mol. The lowest BCUT2D eigenvalue weighted by molar-refractivity contribution is 0.0954. The molecule has 0 saturated heterocycles. The molecule has 1 amide bonds. The summed E-state index contributed by atoms with van der Waals surface area (Å²) in [6.45, 7) is 3.68. The first-order chi connectivity index (χ1) is 9.70. The van der Waals surface area contributed by atoms with E-state index in [9.17, 15) is 4.79 Å². The molecular weight excluding hydrogens is 294 g/mol. The van der Waals surface area contributed by atoms with Crippen LogP contribution in [-0.4, -0.2) is 12.5 Å². The standard InChI is InChI=1S/C15H16ClNO2S/c1-2-19-10-12-6-4-3-5-11(12)9-17-15(18)13-7-8-14(16)20-13/h3-8H,2,9-10H2,1H3,(H,17,18). The van der Waals surface area contributed by atoms with Crippen molar-refractivity contribution in [2.45, 2.75) is 20.1 Å². The Morgan fingerprint density at radius 2 is 2.00 bits per heavy atom. The zero-order valence-electron chi connectivity index (χ0n) is 11.2. The number of hydrogen-bond acceptors (Lipinski definition) is 3. The quantitative estimate of drug-likeness (QED) is 0.879. The highest BCUT2D eigenvalue weighted by molar-refractivity contribution is 7.17. The van der Waals surface area contributed by atoms with Crippen molar-refractivity contribution in [2.75, 3.05) is 6.61 Å². The van der Waals surface area contributed by atoms with Gasteiger partial charge in [0.25, 0.3) is 5.91 Å². The second kappa shape index (κ2) is 7.43. The summed E-state index contributed by atoms with van der Waals surface area (Å²) in [6.07, 6.45) is 0. The van der Waals surface area contributed by atoms with Crippen LogP contribution < -0.4 is 5.32 Å². The lowest BCUT2D eigenvalue weighted by atomic mass is 10.1. The van der Waals surface area contributed by atoms with Gasteiger partial charge in [-0.3, -0.25) is 4.79 Å². The summed E-state index contributed by atoms with van der Waals surface area (Å²) >= 11 is 7.10. The van der Waals surface area contributed by atoms with E-state index in [1.807, 2.05) is 31.2 Å². The third kappa shape index (κ3) is 4.07. The Hall–Kier alpha value is -1.36. The molecule has 0 aliphatic heterocycles. The highest BCUT2D eigenvalue weighted by Gasteiger charge is 2.09. The van der Waals surface area contributed by atoms with Crippen LogP contribution in [0.15, 0.2) is 36.4 Å². The molecule has 2 rings (SSSR count). The zero-order chi connectivity index (χ0) is 14.4. The van der Waals surface area contributed by atoms with Gasteiger partial charge in [-0.1, -0.05) is 35.9 Å². The molecule has 0 aliphatic carbocycles. The van der Waals surface area contributed by atoms with Gasteiger partial charge in [-0.15, -0.1) is 11.3 Å². The highest BCUT2D eigenvalue weighted by atomic mass is 35.5. The van der Waals surface area contributed by atoms with E-state index in [2.05, 4.69) is 5.32 Å². The molecule has 0 atom stereocenters. The first kappa shape index (κ1) is 15.0. The molecule has 1 aromatic heterocycles. The summed E-state index contributed by atoms with van der Waals surface area (Å²) in [5.74, 6) is -0.104. The molecule has 0 fully saturated rings. The topological polar surface area (TPSA) is 38.3 Å². The fourth-order valence-corrected chi connectivity index (χ4v) is 2.74. The van der Waals surface area contributed by atoms with E-state index < -0.39 is 0 Å². The van der Waals surface area contributed by atoms with Gasteiger partial charge in [-0.25, -0.2) is 0 Å². The predicted molar refractivity (Wildman–Crippen MR) is 82.3 cm³/mol. The van der Waals surface area contributed by atoms with E-state index in [-0.39, 0.29) is 5.91 Å². The number of hydrogen-bond donors (Lipinski definition) is 1. The van der Waals surface area contributed by atoms with E-state index in [1.54, 1.807) is 12.1 Å². The van der Waals surface area contributed by atoms with Gasteiger partial charge in [0.1, 0.15) is 0 Å². The summed E-state index contributed by atoms with van der Waals surface area (Å²) in [5.41, 5.74) is 2.16. The number of carbonyl (C=O) groups excluding carboxylic acids is 1. The average molecular weight is 310 g/mol. The van der Waals surface area contributed by atoms with Crippen molar-refractivity contribution in [3.05, 3.63) is 56.7 Å². The molecule has 5 heteroatoms. The third-order valence-corrected chi connectivity index (χ3v) is 4.05. The molecule has 0 radical (unpaired) electrons. The van der Waals surface area contributed by atoms with Crippen molar-refractivity contribution in [3.8, 4) is 0 Å². The van der Waals surface area contributed by atoms with Gasteiger partial charge < -0.3 is 10.1 Å². The van der Waals surface area contributed by atoms with Gasteiger partial charge in [0, 0.05) is 13.2 Å². The molecule has 0 spiro atoms. The van der Waals surface area contributed by atoms with Crippen LogP contribution in [0.5, 0.6) is 0 Å². The van der Waals surface area contributed by atoms with Gasteiger partial charge in [0.2, 0.25) is 0 Å². The second-order valence-corrected chi connectivity index (χ2v) is 5.91. The maximum Gasteiger partial charge on any atom is 0.261 e. The van der Waals surface area contributed by atoms with E-state index in [0.717, 1.165) is 11.1 Å². The Kier molecular flexibility index (Phi) is 5.59. The average Bonchev–Trinajstić information content (AvgIpc) is 2.90. The normalized spacial score (nSPS) is 10.5. The Bertz CT molecular complexity index is 583. The van der Waals surface area contributed by atoms with Crippen molar-refractivity contribution >= 4 is 28.8 Å². The summed E-state index contributed by atoms with van der Waals surface area (Å²) in [4.78, 5) is 12.6. The summed E-state index contributed by atoms with van der Waals surface area (Å²) in [6, 6.07) is 11.4. The molecule has 0 saturated carbocycles. The van der Waals surface area contributed by atoms with Crippen molar-refractivity contribution in [2.24, 2.45) is 0 Å². The van der Waals surface area contributed by atoms with Crippen LogP contribution >= 0.6 is 22.9 Å². The van der Waals surface area contributed by atoms with Crippen molar-refractivity contribution in [3.63, 3.8) is 0 Å². The van der Waals surface area contributed by atoms with Gasteiger partial charge in [-0.05, 0) is 30.2 Å². The highest BCUT2D eigenvalue weighted by Crippen LogP contribution is 2.21. The molecule has 1 N–H and O–H groups in total. The lowest BCUT2D eigenvalue weighted by Gasteiger charge is -2.10. The third-order valence-electron chi connectivity index (χ3n) is 2.82. The number of amides is 1. The fraction of sp³-hybridized carbons (Fsp3) is 0.267. The maximum absolute atomic E-state index is 12.0. The number of ether oxygens (including phenoxy) is 1. The van der Waals surface area contributed by atoms with E-state index in [4.69, 9.17) is 16.3 Å². The fourth-order valence-electron chi connectivity index (χ4n) is 1.78. The number of nitrogens with one attached hydrogen (secondary N) is 1. The maximum atomic E-state index is 12.0. The largest absolute Gasteiger partial charge is 0.377 e. The van der Waals surface area contributed by atoms with Crippen LogP contribution in [0.3, 0.4) is 0 Å². The van der Waals surface area contributed by atoms with Gasteiger partial charge in [0.05, 0.1) is 15.8 Å². The van der Waals surface area contributed by atoms with Crippen LogP contribution in [0.4, 0.5) is 0 Å². The lowest BCUT2D eigenvalue weighted by Crippen LogP contribution is -2.22. The van der Waals surface area contributed by atoms with E-state index in [0.29, 0.717) is 29.0 Å². The van der Waals surface area contributed by atoms with Crippen molar-refractivity contribution in [1.29, 1.82) is 0 Å². The first-order valence-corrected chi connectivity index (χ1v) is 7.58. The molecule has 1 aromatic carbocycles. The minimum absolute atomic E-state index is 0.104. The van der Waals surface area contributed by atoms with Crippen molar-refractivity contribution in [1.82, 2.24) is 5.32 Å². The molecule has 106 valence electrons. The van der Waals surface area contributed by atoms with Crippen molar-refractivity contribution < 1.29 is 9.53 Å². The molecular formula is C15H16ClNO2S. The molecule has 0 aliphatic rings. The SMILES string of the molecule is CCOCc1ccccc1CNC(=O)c1ccc(Cl)s1. The van der Waals surface area contributed by atoms with Crippen LogP contribution in [0.1, 0.15) is 27.7 Å². The molecule has 2 aromatic rings. The minimum Gasteiger partial charge on any atom is -0.377 e. The van der Waals surface area contributed by atoms with E-state index in [1.165, 1.54) is 11.3 Å². The van der Waals surface area contributed by atoms with E-state index >= 15 is 0 Å². The Morgan fingerprint density at radius 1 is 1.25 bits per heavy atom. The zero-order valence-corrected chi connectivity index (χ0v) is 12.8.